The van der Waals surface area contributed by atoms with E-state index in [1.807, 2.05) is 0 Å². The molecule has 0 fully saturated rings. The van der Waals surface area contributed by atoms with E-state index in [-0.39, 0.29) is 26.8 Å². The molecular weight excluding hydrogens is 392 g/mol. The summed E-state index contributed by atoms with van der Waals surface area (Å²) in [6, 6.07) is 0. The van der Waals surface area contributed by atoms with Gasteiger partial charge in [-0.1, -0.05) is 90.4 Å². The van der Waals surface area contributed by atoms with Crippen molar-refractivity contribution in [2.45, 2.75) is 96.8 Å². The molecule has 0 amide bonds. The van der Waals surface area contributed by atoms with Crippen LogP contribution in [-0.2, 0) is 39.7 Å². The molecule has 1 nitrogen and oxygen atoms in total. The summed E-state index contributed by atoms with van der Waals surface area (Å²) in [6.45, 7) is 2.99. The van der Waals surface area contributed by atoms with Crippen molar-refractivity contribution in [3.63, 3.8) is 0 Å². The summed E-state index contributed by atoms with van der Waals surface area (Å²) >= 11 is 9.38. The van der Waals surface area contributed by atoms with Gasteiger partial charge in [-0.15, -0.1) is 0 Å². The number of thiocarbonyl (C=S) groups is 1. The Balaban J connectivity index is 0. The predicted octanol–water partition coefficient (Wildman–Crippen LogP) is 6.31. The van der Waals surface area contributed by atoms with Crippen molar-refractivity contribution in [2.24, 2.45) is 0 Å². The van der Waals surface area contributed by atoms with Crippen molar-refractivity contribution in [2.75, 3.05) is 6.61 Å². The first-order valence-corrected chi connectivity index (χ1v) is 9.42. The summed E-state index contributed by atoms with van der Waals surface area (Å²) in [6.07, 6.45) is 19.3. The Morgan fingerprint density at radius 1 is 0.714 bits per heavy atom. The van der Waals surface area contributed by atoms with Crippen molar-refractivity contribution in [3.8, 4) is 0 Å². The second-order valence-corrected chi connectivity index (χ2v) is 6.69. The van der Waals surface area contributed by atoms with Crippen LogP contribution in [0.5, 0.6) is 0 Å². The molecule has 0 spiro atoms. The molecule has 0 aromatic rings. The molecule has 130 valence electrons. The van der Waals surface area contributed by atoms with Crippen molar-refractivity contribution in [3.05, 3.63) is 0 Å². The second-order valence-electron chi connectivity index (χ2n) is 5.69. The van der Waals surface area contributed by atoms with Gasteiger partial charge < -0.3 is 29.6 Å². The summed E-state index contributed by atoms with van der Waals surface area (Å²) in [7, 11) is 0. The quantitative estimate of drug-likeness (QED) is 0.132. The molecular formula is C17H33AgOS2. The third kappa shape index (κ3) is 23.3. The monoisotopic (exact) mass is 424 g/mol. The van der Waals surface area contributed by atoms with E-state index < -0.39 is 0 Å². The fourth-order valence-corrected chi connectivity index (χ4v) is 2.62. The zero-order valence-electron chi connectivity index (χ0n) is 13.6. The standard InChI is InChI=1S/C17H34OS2.Ag/c1-2-3-4-5-6-7-8-9-10-11-12-13-14-15-16-18-17(19)20;/h2-16H2,1H3,(H,19,20);/q;+1/p-1. The van der Waals surface area contributed by atoms with Crippen LogP contribution in [0.4, 0.5) is 0 Å². The first-order chi connectivity index (χ1) is 9.77. The first-order valence-electron chi connectivity index (χ1n) is 8.61. The van der Waals surface area contributed by atoms with Gasteiger partial charge in [-0.05, 0) is 6.42 Å². The number of hydrogen-bond acceptors (Lipinski definition) is 3. The maximum atomic E-state index is 5.10. The van der Waals surface area contributed by atoms with Crippen molar-refractivity contribution in [1.29, 1.82) is 0 Å². The van der Waals surface area contributed by atoms with Crippen LogP contribution in [-0.4, -0.2) is 11.0 Å². The van der Waals surface area contributed by atoms with E-state index in [0.29, 0.717) is 6.61 Å². The third-order valence-corrected chi connectivity index (χ3v) is 3.95. The summed E-state index contributed by atoms with van der Waals surface area (Å²) in [4.78, 5) is 0. The molecule has 0 unspecified atom stereocenters. The summed E-state index contributed by atoms with van der Waals surface area (Å²) in [5, 5.41) is 0. The molecule has 0 radical (unpaired) electrons. The van der Waals surface area contributed by atoms with Crippen LogP contribution in [0, 0.1) is 0 Å². The number of ether oxygens (including phenoxy) is 1. The van der Waals surface area contributed by atoms with Crippen molar-refractivity contribution >= 4 is 29.2 Å². The van der Waals surface area contributed by atoms with Crippen LogP contribution < -0.4 is 0 Å². The molecule has 0 bridgehead atoms. The minimum atomic E-state index is 0. The minimum Gasteiger partial charge on any atom is -0.514 e. The van der Waals surface area contributed by atoms with Gasteiger partial charge in [0.2, 0.25) is 0 Å². The zero-order chi connectivity index (χ0) is 14.9. The van der Waals surface area contributed by atoms with Gasteiger partial charge in [-0.25, -0.2) is 0 Å². The van der Waals surface area contributed by atoms with Gasteiger partial charge >= 0.3 is 22.4 Å². The maximum absolute atomic E-state index is 5.10. The van der Waals surface area contributed by atoms with E-state index in [4.69, 9.17) is 4.74 Å². The van der Waals surface area contributed by atoms with Crippen molar-refractivity contribution < 1.29 is 27.1 Å². The second kappa shape index (κ2) is 20.9. The van der Waals surface area contributed by atoms with Gasteiger partial charge in [-0.3, -0.25) is 0 Å². The third-order valence-electron chi connectivity index (χ3n) is 3.72. The Hall–Kier alpha value is 0.850. The molecule has 0 aromatic heterocycles. The summed E-state index contributed by atoms with van der Waals surface area (Å²) < 4.78 is 5.36. The van der Waals surface area contributed by atoms with Crippen LogP contribution in [0.1, 0.15) is 96.8 Å². The molecule has 0 rings (SSSR count). The SMILES string of the molecule is CCCCCCCCCCCCCCCCOC(=S)[S-].[Ag+]. The fraction of sp³-hybridized carbons (Fsp3) is 0.941. The normalized spacial score (nSPS) is 10.1. The van der Waals surface area contributed by atoms with Crippen LogP contribution in [0.15, 0.2) is 0 Å². The van der Waals surface area contributed by atoms with Gasteiger partial charge in [0, 0.05) is 4.38 Å². The van der Waals surface area contributed by atoms with E-state index in [0.717, 1.165) is 6.42 Å². The van der Waals surface area contributed by atoms with E-state index in [1.165, 1.54) is 83.5 Å². The van der Waals surface area contributed by atoms with Gasteiger partial charge in [0.05, 0.1) is 6.61 Å². The van der Waals surface area contributed by atoms with E-state index in [2.05, 4.69) is 31.8 Å². The molecule has 0 aliphatic carbocycles. The molecule has 0 atom stereocenters. The Kier molecular flexibility index (Phi) is 23.9. The van der Waals surface area contributed by atoms with Crippen LogP contribution >= 0.6 is 12.2 Å². The number of unbranched alkanes of at least 4 members (excludes halogenated alkanes) is 13. The Morgan fingerprint density at radius 2 is 1.05 bits per heavy atom. The molecule has 0 aliphatic rings. The van der Waals surface area contributed by atoms with Crippen LogP contribution in [0.2, 0.25) is 0 Å². The topological polar surface area (TPSA) is 9.23 Å². The Morgan fingerprint density at radius 3 is 1.38 bits per heavy atom. The minimum absolute atomic E-state index is 0. The largest absolute Gasteiger partial charge is 1.00 e. The summed E-state index contributed by atoms with van der Waals surface area (Å²) in [5.41, 5.74) is 0. The summed E-state index contributed by atoms with van der Waals surface area (Å²) in [5.74, 6) is 0. The fourth-order valence-electron chi connectivity index (χ4n) is 2.45. The van der Waals surface area contributed by atoms with Crippen molar-refractivity contribution in [1.82, 2.24) is 0 Å². The van der Waals surface area contributed by atoms with E-state index in [9.17, 15) is 0 Å². The zero-order valence-corrected chi connectivity index (χ0v) is 16.7. The molecule has 21 heavy (non-hydrogen) atoms. The Bertz CT molecular complexity index is 213. The average Bonchev–Trinajstić information content (AvgIpc) is 2.43. The molecule has 0 aromatic carbocycles. The van der Waals surface area contributed by atoms with Gasteiger partial charge in [-0.2, -0.15) is 0 Å². The number of hydrogen-bond donors (Lipinski definition) is 0. The van der Waals surface area contributed by atoms with Gasteiger partial charge in [0.1, 0.15) is 0 Å². The van der Waals surface area contributed by atoms with Gasteiger partial charge in [0.25, 0.3) is 0 Å². The molecule has 0 aliphatic heterocycles. The van der Waals surface area contributed by atoms with E-state index >= 15 is 0 Å². The molecule has 0 heterocycles. The first kappa shape index (κ1) is 24.1. The van der Waals surface area contributed by atoms with Crippen LogP contribution in [0.3, 0.4) is 0 Å². The smallest absolute Gasteiger partial charge is 0.514 e. The molecule has 0 saturated carbocycles. The molecule has 0 N–H and O–H groups in total. The van der Waals surface area contributed by atoms with Gasteiger partial charge in [0.15, 0.2) is 0 Å². The number of rotatable bonds is 15. The molecule has 0 saturated heterocycles. The average molecular weight is 425 g/mol. The predicted molar refractivity (Wildman–Crippen MR) is 96.2 cm³/mol. The maximum Gasteiger partial charge on any atom is 1.00 e. The molecule has 4 heteroatoms. The van der Waals surface area contributed by atoms with E-state index in [1.54, 1.807) is 0 Å². The Labute approximate surface area is 159 Å². The van der Waals surface area contributed by atoms with Crippen LogP contribution in [0.25, 0.3) is 0 Å².